The highest BCUT2D eigenvalue weighted by atomic mass is 15.1. The Morgan fingerprint density at radius 2 is 1.91 bits per heavy atom. The summed E-state index contributed by atoms with van der Waals surface area (Å²) in [5, 5.41) is 0. The summed E-state index contributed by atoms with van der Waals surface area (Å²) in [6, 6.07) is 0. The maximum absolute atomic E-state index is 2.25. The van der Waals surface area contributed by atoms with E-state index in [9.17, 15) is 0 Å². The van der Waals surface area contributed by atoms with Crippen molar-refractivity contribution >= 4 is 0 Å². The molecule has 0 rings (SSSR count). The van der Waals surface area contributed by atoms with E-state index in [2.05, 4.69) is 44.9 Å². The Morgan fingerprint density at radius 1 is 1.36 bits per heavy atom. The third-order valence-corrected chi connectivity index (χ3v) is 2.03. The van der Waals surface area contributed by atoms with Crippen LogP contribution in [0.3, 0.4) is 0 Å². The summed E-state index contributed by atoms with van der Waals surface area (Å²) in [6.45, 7) is 9.57. The minimum absolute atomic E-state index is 1.07. The van der Waals surface area contributed by atoms with Crippen LogP contribution in [0.4, 0.5) is 0 Å². The topological polar surface area (TPSA) is 3.24 Å². The number of nitrogens with zero attached hydrogens (tertiary/aromatic N) is 1. The first-order valence-corrected chi connectivity index (χ1v) is 4.14. The van der Waals surface area contributed by atoms with Crippen molar-refractivity contribution in [2.75, 3.05) is 13.6 Å². The predicted molar refractivity (Wildman–Crippen MR) is 51.5 cm³/mol. The van der Waals surface area contributed by atoms with E-state index in [1.54, 1.807) is 0 Å². The first-order chi connectivity index (χ1) is 5.13. The molecule has 0 heterocycles. The molecule has 11 heavy (non-hydrogen) atoms. The fourth-order valence-electron chi connectivity index (χ4n) is 0.909. The molecule has 0 N–H and O–H groups in total. The van der Waals surface area contributed by atoms with E-state index in [0.29, 0.717) is 0 Å². The summed E-state index contributed by atoms with van der Waals surface area (Å²) in [4.78, 5) is 2.25. The average Bonchev–Trinajstić information content (AvgIpc) is 2.02. The summed E-state index contributed by atoms with van der Waals surface area (Å²) >= 11 is 0. The van der Waals surface area contributed by atoms with Crippen molar-refractivity contribution in [3.63, 3.8) is 0 Å². The Labute approximate surface area is 70.4 Å². The molecule has 0 saturated carbocycles. The SMILES string of the molecule is C/C=C\C(C)=C(\C)N(C)CC. The third kappa shape index (κ3) is 3.26. The van der Waals surface area contributed by atoms with Crippen molar-refractivity contribution in [2.45, 2.75) is 27.7 Å². The molecule has 0 spiro atoms. The molecule has 0 aromatic heterocycles. The van der Waals surface area contributed by atoms with Crippen LogP contribution in [-0.2, 0) is 0 Å². The van der Waals surface area contributed by atoms with Crippen LogP contribution in [-0.4, -0.2) is 18.5 Å². The van der Waals surface area contributed by atoms with E-state index in [4.69, 9.17) is 0 Å². The van der Waals surface area contributed by atoms with Gasteiger partial charge in [-0.3, -0.25) is 0 Å². The summed E-state index contributed by atoms with van der Waals surface area (Å²) in [5.74, 6) is 0. The van der Waals surface area contributed by atoms with Gasteiger partial charge in [0.2, 0.25) is 0 Å². The Morgan fingerprint density at radius 3 is 2.27 bits per heavy atom. The zero-order valence-corrected chi connectivity index (χ0v) is 8.31. The van der Waals surface area contributed by atoms with Gasteiger partial charge in [-0.25, -0.2) is 0 Å². The first kappa shape index (κ1) is 10.3. The van der Waals surface area contributed by atoms with Crippen molar-refractivity contribution < 1.29 is 0 Å². The molecule has 0 saturated heterocycles. The highest BCUT2D eigenvalue weighted by Crippen LogP contribution is 2.07. The van der Waals surface area contributed by atoms with Crippen LogP contribution in [0.15, 0.2) is 23.4 Å². The maximum Gasteiger partial charge on any atom is 0.0143 e. The Hall–Kier alpha value is -0.720. The van der Waals surface area contributed by atoms with Gasteiger partial charge in [0.05, 0.1) is 0 Å². The van der Waals surface area contributed by atoms with Crippen molar-refractivity contribution in [2.24, 2.45) is 0 Å². The van der Waals surface area contributed by atoms with E-state index in [1.807, 2.05) is 6.92 Å². The molecule has 0 aliphatic carbocycles. The lowest BCUT2D eigenvalue weighted by atomic mass is 10.2. The quantitative estimate of drug-likeness (QED) is 0.563. The second-order valence-electron chi connectivity index (χ2n) is 2.78. The number of allylic oxidation sites excluding steroid dienone is 4. The molecule has 0 radical (unpaired) electrons. The zero-order chi connectivity index (χ0) is 8.85. The lowest BCUT2D eigenvalue weighted by molar-refractivity contribution is 0.439. The van der Waals surface area contributed by atoms with Crippen LogP contribution in [0.2, 0.25) is 0 Å². The molecule has 0 unspecified atom stereocenters. The van der Waals surface area contributed by atoms with Gasteiger partial charge in [0.15, 0.2) is 0 Å². The summed E-state index contributed by atoms with van der Waals surface area (Å²) in [6.07, 6.45) is 4.21. The summed E-state index contributed by atoms with van der Waals surface area (Å²) in [7, 11) is 2.11. The van der Waals surface area contributed by atoms with Crippen LogP contribution in [0.25, 0.3) is 0 Å². The monoisotopic (exact) mass is 153 g/mol. The van der Waals surface area contributed by atoms with E-state index in [-0.39, 0.29) is 0 Å². The molecule has 1 nitrogen and oxygen atoms in total. The van der Waals surface area contributed by atoms with E-state index >= 15 is 0 Å². The standard InChI is InChI=1S/C10H19N/c1-6-8-9(3)10(4)11(5)7-2/h6,8H,7H2,1-5H3/b8-6-,10-9-. The smallest absolute Gasteiger partial charge is 0.0143 e. The molecular weight excluding hydrogens is 134 g/mol. The van der Waals surface area contributed by atoms with Crippen LogP contribution in [0, 0.1) is 0 Å². The highest BCUT2D eigenvalue weighted by molar-refractivity contribution is 5.20. The van der Waals surface area contributed by atoms with Crippen LogP contribution >= 0.6 is 0 Å². The molecule has 0 amide bonds. The van der Waals surface area contributed by atoms with Crippen molar-refractivity contribution in [1.82, 2.24) is 4.90 Å². The second-order valence-corrected chi connectivity index (χ2v) is 2.78. The predicted octanol–water partition coefficient (Wildman–Crippen LogP) is 2.81. The van der Waals surface area contributed by atoms with Gasteiger partial charge in [-0.1, -0.05) is 12.2 Å². The average molecular weight is 153 g/mol. The fourth-order valence-corrected chi connectivity index (χ4v) is 0.909. The lowest BCUT2D eigenvalue weighted by Gasteiger charge is -2.18. The van der Waals surface area contributed by atoms with E-state index < -0.39 is 0 Å². The van der Waals surface area contributed by atoms with E-state index in [0.717, 1.165) is 6.54 Å². The lowest BCUT2D eigenvalue weighted by Crippen LogP contribution is -2.15. The molecule has 0 aliphatic heterocycles. The molecule has 64 valence electrons. The normalized spacial score (nSPS) is 13.5. The molecular formula is C10H19N. The number of hydrogen-bond acceptors (Lipinski definition) is 1. The maximum atomic E-state index is 2.25. The second kappa shape index (κ2) is 5.00. The molecule has 0 fully saturated rings. The number of hydrogen-bond donors (Lipinski definition) is 0. The van der Waals surface area contributed by atoms with Crippen molar-refractivity contribution in [1.29, 1.82) is 0 Å². The van der Waals surface area contributed by atoms with Crippen molar-refractivity contribution in [3.05, 3.63) is 23.4 Å². The van der Waals surface area contributed by atoms with Crippen LogP contribution in [0.5, 0.6) is 0 Å². The minimum Gasteiger partial charge on any atom is -0.378 e. The highest BCUT2D eigenvalue weighted by Gasteiger charge is 1.96. The number of rotatable bonds is 3. The summed E-state index contributed by atoms with van der Waals surface area (Å²) in [5.41, 5.74) is 2.70. The Bertz CT molecular complexity index is 166. The van der Waals surface area contributed by atoms with Gasteiger partial charge in [-0.2, -0.15) is 0 Å². The van der Waals surface area contributed by atoms with Gasteiger partial charge in [-0.15, -0.1) is 0 Å². The van der Waals surface area contributed by atoms with Gasteiger partial charge in [0, 0.05) is 19.3 Å². The molecule has 0 aromatic rings. The first-order valence-electron chi connectivity index (χ1n) is 4.14. The van der Waals surface area contributed by atoms with Gasteiger partial charge in [0.25, 0.3) is 0 Å². The van der Waals surface area contributed by atoms with Gasteiger partial charge in [-0.05, 0) is 33.3 Å². The molecule has 0 aliphatic rings. The van der Waals surface area contributed by atoms with Crippen LogP contribution < -0.4 is 0 Å². The van der Waals surface area contributed by atoms with Crippen LogP contribution in [0.1, 0.15) is 27.7 Å². The Kier molecular flexibility index (Phi) is 4.67. The van der Waals surface area contributed by atoms with E-state index in [1.165, 1.54) is 11.3 Å². The fraction of sp³-hybridized carbons (Fsp3) is 0.600. The summed E-state index contributed by atoms with van der Waals surface area (Å²) < 4.78 is 0. The van der Waals surface area contributed by atoms with Gasteiger partial charge in [0.1, 0.15) is 0 Å². The van der Waals surface area contributed by atoms with Gasteiger partial charge >= 0.3 is 0 Å². The molecule has 0 bridgehead atoms. The minimum atomic E-state index is 1.07. The molecule has 1 heteroatoms. The zero-order valence-electron chi connectivity index (χ0n) is 8.31. The molecule has 0 atom stereocenters. The Balaban J connectivity index is 4.38. The van der Waals surface area contributed by atoms with Gasteiger partial charge < -0.3 is 4.90 Å². The molecule has 0 aromatic carbocycles. The van der Waals surface area contributed by atoms with Crippen molar-refractivity contribution in [3.8, 4) is 0 Å². The third-order valence-electron chi connectivity index (χ3n) is 2.03. The largest absolute Gasteiger partial charge is 0.378 e.